The molecule has 2 unspecified atom stereocenters. The molecule has 11 nitrogen and oxygen atoms in total. The fraction of sp³-hybridized carbons (Fsp3) is 0.622. The number of nitrogens with zero attached hydrogens (tertiary/aromatic N) is 3. The van der Waals surface area contributed by atoms with Gasteiger partial charge in [-0.25, -0.2) is 24.4 Å². The molecular formula is C37H57BrClN5O6. The maximum absolute atomic E-state index is 11.8. The lowest BCUT2D eigenvalue weighted by Gasteiger charge is -2.30. The topological polar surface area (TPSA) is 152 Å². The van der Waals surface area contributed by atoms with E-state index >= 15 is 0 Å². The number of unbranched alkanes of at least 4 members (excludes halogenated alkanes) is 1. The summed E-state index contributed by atoms with van der Waals surface area (Å²) in [5.41, 5.74) is 1.51. The summed E-state index contributed by atoms with van der Waals surface area (Å²) in [6.07, 6.45) is 8.44. The number of carboxylic acid groups (broad SMARTS) is 1. The van der Waals surface area contributed by atoms with Gasteiger partial charge in [0.1, 0.15) is 28.8 Å². The number of ether oxygens (including phenoxy) is 2. The fourth-order valence-corrected chi connectivity index (χ4v) is 6.23. The first kappa shape index (κ1) is 44.8. The third-order valence-electron chi connectivity index (χ3n) is 7.51. The van der Waals surface area contributed by atoms with Crippen LogP contribution in [0, 0.1) is 19.8 Å². The number of hydrogen-bond acceptors (Lipinski definition) is 8. The Morgan fingerprint density at radius 1 is 1.04 bits per heavy atom. The van der Waals surface area contributed by atoms with Crippen LogP contribution in [0.1, 0.15) is 124 Å². The van der Waals surface area contributed by atoms with Crippen molar-refractivity contribution < 1.29 is 29.0 Å². The molecule has 280 valence electrons. The Hall–Kier alpha value is -3.25. The van der Waals surface area contributed by atoms with E-state index in [1.165, 1.54) is 17.5 Å². The first-order valence-corrected chi connectivity index (χ1v) is 18.3. The molecule has 1 heterocycles. The summed E-state index contributed by atoms with van der Waals surface area (Å²) in [7, 11) is 0. The zero-order valence-electron chi connectivity index (χ0n) is 31.6. The van der Waals surface area contributed by atoms with E-state index in [-0.39, 0.29) is 0 Å². The number of rotatable bonds is 7. The Kier molecular flexibility index (Phi) is 18.4. The Labute approximate surface area is 311 Å². The number of carboxylic acids is 1. The SMILES string of the molecule is CC1CCCC(NC(=O)OC(C)(C)C)(C(=O)O)CC1.CCCC=Nc1c(C)ncnc1NC(=O)OC(C)(C)C.CCc1c(C)cc(Cl)cc1Br. The second-order valence-electron chi connectivity index (χ2n) is 14.5. The number of aromatic nitrogens is 2. The van der Waals surface area contributed by atoms with Crippen LogP contribution in [0.4, 0.5) is 21.1 Å². The number of halogens is 2. The summed E-state index contributed by atoms with van der Waals surface area (Å²) in [6.45, 7) is 20.9. The van der Waals surface area contributed by atoms with Crippen molar-refractivity contribution in [3.8, 4) is 0 Å². The molecule has 2 atom stereocenters. The molecule has 1 saturated carbocycles. The van der Waals surface area contributed by atoms with Gasteiger partial charge in [-0.15, -0.1) is 0 Å². The molecule has 0 radical (unpaired) electrons. The average molecular weight is 783 g/mol. The number of amides is 2. The predicted molar refractivity (Wildman–Crippen MR) is 205 cm³/mol. The average Bonchev–Trinajstić information content (AvgIpc) is 3.14. The quantitative estimate of drug-likeness (QED) is 0.185. The standard InChI is InChI=1S/C14H22N4O2.C14H25NO4.C9H10BrCl/c1-6-7-8-15-11-10(2)16-9-17-12(11)18-13(19)20-14(3,4)5;1-10-6-5-8-14(9-7-10,11(16)17)15-12(18)19-13(2,3)4;1-3-8-6(2)4-7(11)5-9(8)10/h8-9H,6-7H2,1-5H3,(H,16,17,18,19);10H,5-9H2,1-4H3,(H,15,18)(H,16,17);4-5H,3H2,1-2H3. The van der Waals surface area contributed by atoms with E-state index in [1.807, 2.05) is 19.1 Å². The summed E-state index contributed by atoms with van der Waals surface area (Å²) < 4.78 is 11.5. The van der Waals surface area contributed by atoms with Crippen LogP contribution in [0.3, 0.4) is 0 Å². The van der Waals surface area contributed by atoms with Gasteiger partial charge in [-0.1, -0.05) is 67.6 Å². The van der Waals surface area contributed by atoms with E-state index < -0.39 is 34.9 Å². The van der Waals surface area contributed by atoms with Gasteiger partial charge >= 0.3 is 18.2 Å². The van der Waals surface area contributed by atoms with E-state index in [1.54, 1.807) is 47.8 Å². The summed E-state index contributed by atoms with van der Waals surface area (Å²) >= 11 is 9.32. The van der Waals surface area contributed by atoms with Gasteiger partial charge in [-0.3, -0.25) is 10.3 Å². The van der Waals surface area contributed by atoms with Crippen molar-refractivity contribution >= 4 is 63.4 Å². The number of hydrogen-bond donors (Lipinski definition) is 3. The molecule has 0 bridgehead atoms. The lowest BCUT2D eigenvalue weighted by Crippen LogP contribution is -2.55. The van der Waals surface area contributed by atoms with E-state index in [4.69, 9.17) is 21.1 Å². The second kappa shape index (κ2) is 20.6. The summed E-state index contributed by atoms with van der Waals surface area (Å²) in [5, 5.41) is 15.5. The summed E-state index contributed by atoms with van der Waals surface area (Å²) in [4.78, 5) is 47.6. The Balaban J connectivity index is 0.000000390. The van der Waals surface area contributed by atoms with Gasteiger partial charge in [0.15, 0.2) is 5.82 Å². The van der Waals surface area contributed by atoms with Crippen LogP contribution in [0.2, 0.25) is 5.02 Å². The Morgan fingerprint density at radius 3 is 2.20 bits per heavy atom. The number of aryl methyl sites for hydroxylation is 2. The molecule has 50 heavy (non-hydrogen) atoms. The molecule has 0 spiro atoms. The Morgan fingerprint density at radius 2 is 1.66 bits per heavy atom. The zero-order valence-corrected chi connectivity index (χ0v) is 34.0. The summed E-state index contributed by atoms with van der Waals surface area (Å²) in [5.74, 6) is -0.103. The van der Waals surface area contributed by atoms with Crippen LogP contribution < -0.4 is 10.6 Å². The number of alkyl carbamates (subject to hydrolysis) is 1. The first-order valence-electron chi connectivity index (χ1n) is 17.2. The molecule has 0 saturated heterocycles. The lowest BCUT2D eigenvalue weighted by molar-refractivity contribution is -0.145. The van der Waals surface area contributed by atoms with Crippen molar-refractivity contribution in [2.45, 2.75) is 144 Å². The molecule has 2 amide bonds. The number of benzene rings is 1. The van der Waals surface area contributed by atoms with Crippen LogP contribution in [0.5, 0.6) is 0 Å². The highest BCUT2D eigenvalue weighted by Crippen LogP contribution is 2.31. The van der Waals surface area contributed by atoms with Crippen molar-refractivity contribution in [3.63, 3.8) is 0 Å². The van der Waals surface area contributed by atoms with E-state index in [0.717, 1.165) is 48.0 Å². The van der Waals surface area contributed by atoms with Crippen LogP contribution >= 0.6 is 27.5 Å². The maximum Gasteiger partial charge on any atom is 0.413 e. The van der Waals surface area contributed by atoms with Crippen LogP contribution in [0.25, 0.3) is 0 Å². The second-order valence-corrected chi connectivity index (χ2v) is 15.8. The van der Waals surface area contributed by atoms with Crippen molar-refractivity contribution in [2.75, 3.05) is 5.32 Å². The monoisotopic (exact) mass is 781 g/mol. The van der Waals surface area contributed by atoms with Crippen molar-refractivity contribution in [1.29, 1.82) is 0 Å². The molecule has 1 aliphatic carbocycles. The van der Waals surface area contributed by atoms with Crippen LogP contribution in [-0.4, -0.2) is 56.2 Å². The van der Waals surface area contributed by atoms with E-state index in [9.17, 15) is 19.5 Å². The molecular weight excluding hydrogens is 726 g/mol. The highest BCUT2D eigenvalue weighted by atomic mass is 79.9. The largest absolute Gasteiger partial charge is 0.480 e. The maximum atomic E-state index is 11.8. The number of aliphatic imine (C=N–C) groups is 1. The summed E-state index contributed by atoms with van der Waals surface area (Å²) in [6, 6.07) is 3.93. The molecule has 1 fully saturated rings. The van der Waals surface area contributed by atoms with E-state index in [0.29, 0.717) is 36.0 Å². The van der Waals surface area contributed by atoms with Crippen molar-refractivity contribution in [3.05, 3.63) is 44.8 Å². The molecule has 3 N–H and O–H groups in total. The minimum Gasteiger partial charge on any atom is -0.480 e. The molecule has 13 heteroatoms. The van der Waals surface area contributed by atoms with E-state index in [2.05, 4.69) is 69.2 Å². The number of nitrogens with one attached hydrogen (secondary N) is 2. The highest BCUT2D eigenvalue weighted by Gasteiger charge is 2.42. The van der Waals surface area contributed by atoms with Crippen molar-refractivity contribution in [2.24, 2.45) is 10.9 Å². The predicted octanol–water partition coefficient (Wildman–Crippen LogP) is 10.5. The van der Waals surface area contributed by atoms with Gasteiger partial charge < -0.3 is 19.9 Å². The Bertz CT molecular complexity index is 1430. The molecule has 1 aromatic carbocycles. The molecule has 1 aliphatic rings. The third-order valence-corrected chi connectivity index (χ3v) is 8.44. The highest BCUT2D eigenvalue weighted by molar-refractivity contribution is 9.10. The third kappa shape index (κ3) is 16.6. The number of carbonyl (C=O) groups excluding carboxylic acids is 2. The lowest BCUT2D eigenvalue weighted by atomic mass is 9.90. The van der Waals surface area contributed by atoms with Crippen LogP contribution in [-0.2, 0) is 20.7 Å². The minimum atomic E-state index is -1.17. The molecule has 0 aliphatic heterocycles. The van der Waals surface area contributed by atoms with Gasteiger partial charge in [-0.05, 0) is 117 Å². The van der Waals surface area contributed by atoms with Gasteiger partial charge in [-0.2, -0.15) is 0 Å². The normalized spacial score (nSPS) is 17.7. The molecule has 2 aromatic rings. The van der Waals surface area contributed by atoms with Crippen molar-refractivity contribution in [1.82, 2.24) is 15.3 Å². The number of anilines is 1. The number of aliphatic carboxylic acids is 1. The van der Waals surface area contributed by atoms with Gasteiger partial charge in [0.25, 0.3) is 0 Å². The number of carbonyl (C=O) groups is 3. The zero-order chi connectivity index (χ0) is 38.3. The first-order chi connectivity index (χ1) is 23.1. The van der Waals surface area contributed by atoms with Gasteiger partial charge in [0.2, 0.25) is 0 Å². The fourth-order valence-electron chi connectivity index (χ4n) is 4.98. The van der Waals surface area contributed by atoms with Crippen LogP contribution in [0.15, 0.2) is 27.9 Å². The molecule has 3 rings (SSSR count). The van der Waals surface area contributed by atoms with Gasteiger partial charge in [0, 0.05) is 15.7 Å². The smallest absolute Gasteiger partial charge is 0.413 e. The van der Waals surface area contributed by atoms with Gasteiger partial charge in [0.05, 0.1) is 5.69 Å². The minimum absolute atomic E-state index is 0.360. The molecule has 1 aromatic heterocycles.